The summed E-state index contributed by atoms with van der Waals surface area (Å²) in [6, 6.07) is 5.21. The molecular formula is C14H16ClN3O2. The van der Waals surface area contributed by atoms with Crippen molar-refractivity contribution in [2.45, 2.75) is 25.4 Å². The number of aryl methyl sites for hydroxylation is 1. The van der Waals surface area contributed by atoms with Crippen molar-refractivity contribution >= 4 is 22.5 Å². The first-order valence-electron chi connectivity index (χ1n) is 6.70. The van der Waals surface area contributed by atoms with Crippen LogP contribution in [-0.4, -0.2) is 21.7 Å². The number of nitrogens with zero attached hydrogens (tertiary/aromatic N) is 2. The van der Waals surface area contributed by atoms with E-state index in [4.69, 9.17) is 11.6 Å². The van der Waals surface area contributed by atoms with Crippen LogP contribution in [0.4, 0.5) is 0 Å². The van der Waals surface area contributed by atoms with Crippen LogP contribution in [0, 0.1) is 0 Å². The molecule has 106 valence electrons. The number of halogens is 1. The first-order chi connectivity index (χ1) is 9.58. The summed E-state index contributed by atoms with van der Waals surface area (Å²) >= 11 is 5.96. The monoisotopic (exact) mass is 293 g/mol. The zero-order valence-corrected chi connectivity index (χ0v) is 12.0. The molecule has 0 radical (unpaired) electrons. The minimum atomic E-state index is -0.279. The summed E-state index contributed by atoms with van der Waals surface area (Å²) in [7, 11) is 1.68. The molecule has 1 N–H and O–H groups in total. The molecule has 2 heterocycles. The minimum absolute atomic E-state index is 0.192. The van der Waals surface area contributed by atoms with Gasteiger partial charge in [-0.3, -0.25) is 13.9 Å². The third-order valence-electron chi connectivity index (χ3n) is 3.88. The van der Waals surface area contributed by atoms with Gasteiger partial charge in [0.15, 0.2) is 0 Å². The Labute approximate surface area is 120 Å². The van der Waals surface area contributed by atoms with Crippen molar-refractivity contribution in [3.63, 3.8) is 0 Å². The molecule has 3 rings (SSSR count). The van der Waals surface area contributed by atoms with Crippen LogP contribution < -0.4 is 16.6 Å². The SMILES string of the molecule is Cn1c(=O)n(CC2CCCN2)c(=O)c2cc(Cl)ccc21. The van der Waals surface area contributed by atoms with E-state index >= 15 is 0 Å². The zero-order valence-electron chi connectivity index (χ0n) is 11.2. The molecule has 1 atom stereocenters. The van der Waals surface area contributed by atoms with Crippen molar-refractivity contribution in [2.75, 3.05) is 6.54 Å². The van der Waals surface area contributed by atoms with Crippen molar-refractivity contribution < 1.29 is 0 Å². The second kappa shape index (κ2) is 5.07. The fourth-order valence-corrected chi connectivity index (χ4v) is 2.95. The van der Waals surface area contributed by atoms with Gasteiger partial charge in [-0.15, -0.1) is 0 Å². The van der Waals surface area contributed by atoms with Crippen LogP contribution >= 0.6 is 11.6 Å². The Morgan fingerprint density at radius 3 is 2.90 bits per heavy atom. The lowest BCUT2D eigenvalue weighted by Crippen LogP contribution is -2.43. The molecule has 0 amide bonds. The lowest BCUT2D eigenvalue weighted by Gasteiger charge is -2.14. The summed E-state index contributed by atoms with van der Waals surface area (Å²) in [5, 5.41) is 4.29. The van der Waals surface area contributed by atoms with E-state index in [2.05, 4.69) is 5.32 Å². The maximum atomic E-state index is 12.5. The van der Waals surface area contributed by atoms with Gasteiger partial charge in [0, 0.05) is 24.7 Å². The molecule has 2 aromatic rings. The van der Waals surface area contributed by atoms with E-state index in [1.807, 2.05) is 0 Å². The second-order valence-corrected chi connectivity index (χ2v) is 5.65. The molecule has 6 heteroatoms. The van der Waals surface area contributed by atoms with Crippen molar-refractivity contribution in [1.29, 1.82) is 0 Å². The van der Waals surface area contributed by atoms with Gasteiger partial charge >= 0.3 is 5.69 Å². The van der Waals surface area contributed by atoms with Gasteiger partial charge in [-0.2, -0.15) is 0 Å². The summed E-state index contributed by atoms with van der Waals surface area (Å²) in [6.45, 7) is 1.35. The Kier molecular flexibility index (Phi) is 3.40. The lowest BCUT2D eigenvalue weighted by atomic mass is 10.2. The summed E-state index contributed by atoms with van der Waals surface area (Å²) in [6.07, 6.45) is 2.07. The van der Waals surface area contributed by atoms with Gasteiger partial charge in [-0.25, -0.2) is 4.79 Å². The third kappa shape index (κ3) is 2.17. The second-order valence-electron chi connectivity index (χ2n) is 5.21. The average Bonchev–Trinajstić information content (AvgIpc) is 2.94. The lowest BCUT2D eigenvalue weighted by molar-refractivity contribution is 0.478. The number of rotatable bonds is 2. The molecule has 0 spiro atoms. The molecule has 0 saturated carbocycles. The molecule has 1 fully saturated rings. The number of fused-ring (bicyclic) bond motifs is 1. The first-order valence-corrected chi connectivity index (χ1v) is 7.08. The Balaban J connectivity index is 2.21. The molecule has 1 aromatic carbocycles. The molecule has 5 nitrogen and oxygen atoms in total. The fourth-order valence-electron chi connectivity index (χ4n) is 2.78. The van der Waals surface area contributed by atoms with Crippen LogP contribution in [0.1, 0.15) is 12.8 Å². The standard InChI is InChI=1S/C14H16ClN3O2/c1-17-12-5-4-9(15)7-11(12)13(19)18(14(17)20)8-10-3-2-6-16-10/h4-5,7,10,16H,2-3,6,8H2,1H3. The highest BCUT2D eigenvalue weighted by Gasteiger charge is 2.18. The van der Waals surface area contributed by atoms with E-state index in [1.54, 1.807) is 25.2 Å². The van der Waals surface area contributed by atoms with Gasteiger partial charge in [0.1, 0.15) is 0 Å². The maximum absolute atomic E-state index is 12.5. The van der Waals surface area contributed by atoms with E-state index in [0.717, 1.165) is 19.4 Å². The molecule has 1 unspecified atom stereocenters. The number of hydrogen-bond donors (Lipinski definition) is 1. The summed E-state index contributed by atoms with van der Waals surface area (Å²) in [5.74, 6) is 0. The molecule has 1 aliphatic heterocycles. The average molecular weight is 294 g/mol. The highest BCUT2D eigenvalue weighted by molar-refractivity contribution is 6.31. The number of benzene rings is 1. The van der Waals surface area contributed by atoms with Crippen LogP contribution in [-0.2, 0) is 13.6 Å². The smallest absolute Gasteiger partial charge is 0.312 e. The first kappa shape index (κ1) is 13.4. The highest BCUT2D eigenvalue weighted by atomic mass is 35.5. The quantitative estimate of drug-likeness (QED) is 0.902. The molecule has 1 saturated heterocycles. The van der Waals surface area contributed by atoms with Gasteiger partial charge in [-0.05, 0) is 37.6 Å². The van der Waals surface area contributed by atoms with E-state index in [9.17, 15) is 9.59 Å². The summed E-state index contributed by atoms with van der Waals surface area (Å²) < 4.78 is 2.81. The van der Waals surface area contributed by atoms with E-state index < -0.39 is 0 Å². The Morgan fingerprint density at radius 1 is 1.40 bits per heavy atom. The van der Waals surface area contributed by atoms with Gasteiger partial charge in [-0.1, -0.05) is 11.6 Å². The number of hydrogen-bond acceptors (Lipinski definition) is 3. The van der Waals surface area contributed by atoms with Crippen molar-refractivity contribution in [1.82, 2.24) is 14.5 Å². The van der Waals surface area contributed by atoms with Crippen LogP contribution in [0.15, 0.2) is 27.8 Å². The van der Waals surface area contributed by atoms with Gasteiger partial charge in [0.25, 0.3) is 5.56 Å². The molecular weight excluding hydrogens is 278 g/mol. The van der Waals surface area contributed by atoms with E-state index in [0.29, 0.717) is 22.5 Å². The predicted octanol–water partition coefficient (Wildman–Crippen LogP) is 1.11. The Morgan fingerprint density at radius 2 is 2.20 bits per heavy atom. The van der Waals surface area contributed by atoms with E-state index in [-0.39, 0.29) is 17.3 Å². The molecule has 0 bridgehead atoms. The van der Waals surface area contributed by atoms with Crippen LogP contribution in [0.25, 0.3) is 10.9 Å². The number of aromatic nitrogens is 2. The minimum Gasteiger partial charge on any atom is -0.312 e. The van der Waals surface area contributed by atoms with Gasteiger partial charge < -0.3 is 5.32 Å². The third-order valence-corrected chi connectivity index (χ3v) is 4.11. The molecule has 1 aliphatic rings. The van der Waals surface area contributed by atoms with Gasteiger partial charge in [0.05, 0.1) is 10.9 Å². The summed E-state index contributed by atoms with van der Waals surface area (Å²) in [5.41, 5.74) is 0.0675. The van der Waals surface area contributed by atoms with E-state index in [1.165, 1.54) is 9.13 Å². The highest BCUT2D eigenvalue weighted by Crippen LogP contribution is 2.15. The Bertz CT molecular complexity index is 772. The largest absolute Gasteiger partial charge is 0.331 e. The zero-order chi connectivity index (χ0) is 14.3. The predicted molar refractivity (Wildman–Crippen MR) is 79.5 cm³/mol. The van der Waals surface area contributed by atoms with Crippen LogP contribution in [0.3, 0.4) is 0 Å². The topological polar surface area (TPSA) is 56.0 Å². The van der Waals surface area contributed by atoms with Gasteiger partial charge in [0.2, 0.25) is 0 Å². The molecule has 1 aromatic heterocycles. The van der Waals surface area contributed by atoms with Crippen molar-refractivity contribution in [2.24, 2.45) is 7.05 Å². The normalized spacial score (nSPS) is 18.8. The Hall–Kier alpha value is -1.59. The molecule has 20 heavy (non-hydrogen) atoms. The van der Waals surface area contributed by atoms with Crippen molar-refractivity contribution in [3.05, 3.63) is 44.1 Å². The fraction of sp³-hybridized carbons (Fsp3) is 0.429. The van der Waals surface area contributed by atoms with Crippen molar-refractivity contribution in [3.8, 4) is 0 Å². The van der Waals surface area contributed by atoms with Crippen LogP contribution in [0.5, 0.6) is 0 Å². The van der Waals surface area contributed by atoms with Crippen LogP contribution in [0.2, 0.25) is 5.02 Å². The number of nitrogens with one attached hydrogen (secondary N) is 1. The summed E-state index contributed by atoms with van der Waals surface area (Å²) in [4.78, 5) is 24.8. The molecule has 0 aliphatic carbocycles. The maximum Gasteiger partial charge on any atom is 0.331 e.